The van der Waals surface area contributed by atoms with Crippen LogP contribution < -0.4 is 0 Å². The van der Waals surface area contributed by atoms with Crippen LogP contribution in [0.4, 0.5) is 8.78 Å². The van der Waals surface area contributed by atoms with Gasteiger partial charge in [0.2, 0.25) is 0 Å². The number of benzene rings is 1. The van der Waals surface area contributed by atoms with E-state index in [1.54, 1.807) is 0 Å². The summed E-state index contributed by atoms with van der Waals surface area (Å²) in [5.41, 5.74) is 0. The van der Waals surface area contributed by atoms with Crippen molar-refractivity contribution in [1.29, 1.82) is 0 Å². The fourth-order valence-electron chi connectivity index (χ4n) is 2.53. The Morgan fingerprint density at radius 1 is 1.15 bits per heavy atom. The molecule has 0 atom stereocenters. The fourth-order valence-corrected chi connectivity index (χ4v) is 3.93. The van der Waals surface area contributed by atoms with E-state index in [9.17, 15) is 22.0 Å². The van der Waals surface area contributed by atoms with E-state index in [2.05, 4.69) is 0 Å². The second kappa shape index (κ2) is 5.99. The Morgan fingerprint density at radius 2 is 1.80 bits per heavy atom. The van der Waals surface area contributed by atoms with Crippen molar-refractivity contribution in [2.45, 2.75) is 37.0 Å². The molecule has 0 bridgehead atoms. The van der Waals surface area contributed by atoms with Crippen LogP contribution in [-0.4, -0.2) is 20.0 Å². The summed E-state index contributed by atoms with van der Waals surface area (Å²) in [6.07, 6.45) is 4.28. The number of hydrogen-bond acceptors (Lipinski definition) is 3. The number of carbonyl (C=O) groups is 1. The smallest absolute Gasteiger partial charge is 0.188 e. The van der Waals surface area contributed by atoms with Crippen molar-refractivity contribution in [2.75, 3.05) is 5.75 Å². The molecule has 0 aromatic heterocycles. The lowest BCUT2D eigenvalue weighted by molar-refractivity contribution is -0.121. The lowest BCUT2D eigenvalue weighted by Gasteiger charge is -2.20. The van der Waals surface area contributed by atoms with Crippen LogP contribution in [0.5, 0.6) is 0 Å². The molecule has 1 aliphatic carbocycles. The van der Waals surface area contributed by atoms with Gasteiger partial charge in [-0.15, -0.1) is 0 Å². The summed E-state index contributed by atoms with van der Waals surface area (Å²) < 4.78 is 50.4. The molecule has 0 radical (unpaired) electrons. The number of ketones is 1. The van der Waals surface area contributed by atoms with Crippen LogP contribution in [0.3, 0.4) is 0 Å². The first kappa shape index (κ1) is 15.1. The molecule has 20 heavy (non-hydrogen) atoms. The van der Waals surface area contributed by atoms with E-state index in [4.69, 9.17) is 0 Å². The second-order valence-electron chi connectivity index (χ2n) is 5.14. The molecule has 1 fully saturated rings. The highest BCUT2D eigenvalue weighted by molar-refractivity contribution is 7.92. The van der Waals surface area contributed by atoms with Crippen LogP contribution in [0.1, 0.15) is 32.1 Å². The first-order chi connectivity index (χ1) is 9.40. The van der Waals surface area contributed by atoms with Crippen LogP contribution in [0, 0.1) is 17.6 Å². The molecular formula is C14H16F2O3S. The number of Topliss-reactive ketones (excluding diaryl/α,β-unsaturated/α-hetero) is 1. The summed E-state index contributed by atoms with van der Waals surface area (Å²) in [5.74, 6) is -3.32. The molecule has 3 nitrogen and oxygen atoms in total. The number of sulfone groups is 1. The van der Waals surface area contributed by atoms with E-state index in [0.717, 1.165) is 31.4 Å². The van der Waals surface area contributed by atoms with Crippen LogP contribution in [0.2, 0.25) is 0 Å². The van der Waals surface area contributed by atoms with Crippen molar-refractivity contribution in [3.8, 4) is 0 Å². The van der Waals surface area contributed by atoms with Gasteiger partial charge in [0.1, 0.15) is 22.3 Å². The molecule has 1 saturated carbocycles. The topological polar surface area (TPSA) is 51.2 Å². The Hall–Kier alpha value is -1.30. The molecule has 0 saturated heterocycles. The minimum absolute atomic E-state index is 0.248. The Labute approximate surface area is 116 Å². The first-order valence-electron chi connectivity index (χ1n) is 6.60. The summed E-state index contributed by atoms with van der Waals surface area (Å²) in [7, 11) is -4.05. The van der Waals surface area contributed by atoms with E-state index < -0.39 is 32.1 Å². The van der Waals surface area contributed by atoms with Gasteiger partial charge in [-0.05, 0) is 25.0 Å². The van der Waals surface area contributed by atoms with Crippen LogP contribution in [0.25, 0.3) is 0 Å². The Kier molecular flexibility index (Phi) is 4.52. The molecular weight excluding hydrogens is 286 g/mol. The molecule has 0 amide bonds. The highest BCUT2D eigenvalue weighted by Gasteiger charge is 2.28. The van der Waals surface area contributed by atoms with Crippen molar-refractivity contribution in [1.82, 2.24) is 0 Å². The van der Waals surface area contributed by atoms with Crippen LogP contribution in [0.15, 0.2) is 23.1 Å². The van der Waals surface area contributed by atoms with E-state index >= 15 is 0 Å². The van der Waals surface area contributed by atoms with E-state index in [0.29, 0.717) is 18.9 Å². The molecule has 0 aliphatic heterocycles. The van der Waals surface area contributed by atoms with E-state index in [-0.39, 0.29) is 11.7 Å². The highest BCUT2D eigenvalue weighted by Crippen LogP contribution is 2.26. The number of carbonyl (C=O) groups excluding carboxylic acids is 1. The average Bonchev–Trinajstić information content (AvgIpc) is 2.38. The molecule has 0 heterocycles. The van der Waals surface area contributed by atoms with Gasteiger partial charge < -0.3 is 0 Å². The van der Waals surface area contributed by atoms with Gasteiger partial charge in [-0.3, -0.25) is 4.79 Å². The lowest BCUT2D eigenvalue weighted by atomic mass is 9.87. The molecule has 0 spiro atoms. The third-order valence-corrected chi connectivity index (χ3v) is 5.29. The largest absolute Gasteiger partial charge is 0.298 e. The molecule has 1 aromatic carbocycles. The average molecular weight is 302 g/mol. The lowest BCUT2D eigenvalue weighted by Crippen LogP contribution is -2.26. The predicted molar refractivity (Wildman–Crippen MR) is 70.0 cm³/mol. The number of rotatable bonds is 4. The van der Waals surface area contributed by atoms with Crippen molar-refractivity contribution < 1.29 is 22.0 Å². The maximum Gasteiger partial charge on any atom is 0.188 e. The third kappa shape index (κ3) is 3.42. The summed E-state index contributed by atoms with van der Waals surface area (Å²) >= 11 is 0. The zero-order valence-corrected chi connectivity index (χ0v) is 11.8. The Balaban J connectivity index is 2.16. The number of halogens is 2. The van der Waals surface area contributed by atoms with Crippen molar-refractivity contribution in [3.63, 3.8) is 0 Å². The zero-order chi connectivity index (χ0) is 14.8. The van der Waals surface area contributed by atoms with Crippen LogP contribution in [-0.2, 0) is 14.6 Å². The molecule has 110 valence electrons. The quantitative estimate of drug-likeness (QED) is 0.804. The maximum atomic E-state index is 13.5. The Morgan fingerprint density at radius 3 is 2.40 bits per heavy atom. The first-order valence-corrected chi connectivity index (χ1v) is 8.26. The normalized spacial score (nSPS) is 17.1. The van der Waals surface area contributed by atoms with Gasteiger partial charge in [-0.1, -0.05) is 19.3 Å². The molecule has 0 N–H and O–H groups in total. The van der Waals surface area contributed by atoms with Gasteiger partial charge in [0.05, 0.1) is 0 Å². The zero-order valence-electron chi connectivity index (χ0n) is 10.9. The fraction of sp³-hybridized carbons (Fsp3) is 0.500. The summed E-state index contributed by atoms with van der Waals surface area (Å²) in [6.45, 7) is 0. The van der Waals surface area contributed by atoms with Gasteiger partial charge >= 0.3 is 0 Å². The Bertz CT molecular complexity index is 605. The van der Waals surface area contributed by atoms with Crippen LogP contribution >= 0.6 is 0 Å². The van der Waals surface area contributed by atoms with Gasteiger partial charge in [0, 0.05) is 12.0 Å². The molecule has 6 heteroatoms. The van der Waals surface area contributed by atoms with Gasteiger partial charge in [-0.2, -0.15) is 0 Å². The molecule has 1 aromatic rings. The predicted octanol–water partition coefficient (Wildman–Crippen LogP) is 2.89. The highest BCUT2D eigenvalue weighted by atomic mass is 32.2. The van der Waals surface area contributed by atoms with E-state index in [1.807, 2.05) is 0 Å². The molecule has 2 rings (SSSR count). The minimum atomic E-state index is -4.05. The van der Waals surface area contributed by atoms with Crippen molar-refractivity contribution in [3.05, 3.63) is 29.8 Å². The molecule has 0 unspecified atom stereocenters. The summed E-state index contributed by atoms with van der Waals surface area (Å²) in [4.78, 5) is 11.4. The summed E-state index contributed by atoms with van der Waals surface area (Å²) in [5, 5.41) is 0. The number of hydrogen-bond donors (Lipinski definition) is 0. The van der Waals surface area contributed by atoms with Gasteiger partial charge in [0.25, 0.3) is 0 Å². The minimum Gasteiger partial charge on any atom is -0.298 e. The van der Waals surface area contributed by atoms with Crippen molar-refractivity contribution >= 4 is 15.6 Å². The molecule has 1 aliphatic rings. The maximum absolute atomic E-state index is 13.5. The third-order valence-electron chi connectivity index (χ3n) is 3.62. The second-order valence-corrected chi connectivity index (χ2v) is 7.09. The monoisotopic (exact) mass is 302 g/mol. The summed E-state index contributed by atoms with van der Waals surface area (Å²) in [6, 6.07) is 2.26. The van der Waals surface area contributed by atoms with Gasteiger partial charge in [0.15, 0.2) is 15.6 Å². The SMILES string of the molecule is O=C(CS(=O)(=O)c1ccc(F)cc1F)C1CCCCC1. The van der Waals surface area contributed by atoms with E-state index in [1.165, 1.54) is 0 Å². The standard InChI is InChI=1S/C14H16F2O3S/c15-11-6-7-14(12(16)8-11)20(18,19)9-13(17)10-4-2-1-3-5-10/h6-8,10H,1-5,9H2. The van der Waals surface area contributed by atoms with Gasteiger partial charge in [-0.25, -0.2) is 17.2 Å². The van der Waals surface area contributed by atoms with Crippen molar-refractivity contribution in [2.24, 2.45) is 5.92 Å².